The first-order valence-electron chi connectivity index (χ1n) is 11.5. The number of aromatic nitrogens is 2. The number of anilines is 2. The average molecular weight is 487 g/mol. The Morgan fingerprint density at radius 3 is 1.36 bits per heavy atom. The molecular formula is C28H24F2N4O2. The predicted octanol–water partition coefficient (Wildman–Crippen LogP) is 5.56. The van der Waals surface area contributed by atoms with E-state index in [1.165, 1.54) is 24.3 Å². The van der Waals surface area contributed by atoms with Gasteiger partial charge in [0.15, 0.2) is 0 Å². The van der Waals surface area contributed by atoms with E-state index in [0.717, 1.165) is 11.1 Å². The molecule has 0 radical (unpaired) electrons. The van der Waals surface area contributed by atoms with Gasteiger partial charge in [0.2, 0.25) is 11.8 Å². The van der Waals surface area contributed by atoms with Gasteiger partial charge in [-0.05, 0) is 72.5 Å². The van der Waals surface area contributed by atoms with Gasteiger partial charge in [0.05, 0.1) is 11.4 Å². The largest absolute Gasteiger partial charge is 0.311 e. The lowest BCUT2D eigenvalue weighted by atomic mass is 10.1. The molecule has 0 bridgehead atoms. The summed E-state index contributed by atoms with van der Waals surface area (Å²) >= 11 is 0. The molecule has 0 unspecified atom stereocenters. The van der Waals surface area contributed by atoms with Crippen LogP contribution in [0.25, 0.3) is 11.4 Å². The van der Waals surface area contributed by atoms with Crippen LogP contribution in [0.4, 0.5) is 20.4 Å². The molecular weight excluding hydrogens is 462 g/mol. The lowest BCUT2D eigenvalue weighted by Crippen LogP contribution is -2.14. The fraction of sp³-hybridized carbons (Fsp3) is 0.143. The van der Waals surface area contributed by atoms with Crippen LogP contribution in [0.2, 0.25) is 0 Å². The molecule has 2 N–H and O–H groups in total. The lowest BCUT2D eigenvalue weighted by molar-refractivity contribution is -0.117. The summed E-state index contributed by atoms with van der Waals surface area (Å²) in [5.41, 5.74) is 2.81. The molecule has 0 aliphatic rings. The first kappa shape index (κ1) is 24.7. The number of rotatable bonds is 9. The quantitative estimate of drug-likeness (QED) is 0.324. The minimum atomic E-state index is -0.313. The van der Waals surface area contributed by atoms with Crippen molar-refractivity contribution in [2.75, 3.05) is 10.6 Å². The second kappa shape index (κ2) is 11.8. The van der Waals surface area contributed by atoms with Crippen molar-refractivity contribution in [3.63, 3.8) is 0 Å². The van der Waals surface area contributed by atoms with E-state index in [4.69, 9.17) is 0 Å². The van der Waals surface area contributed by atoms with Crippen molar-refractivity contribution >= 4 is 23.5 Å². The second-order valence-corrected chi connectivity index (χ2v) is 8.17. The molecule has 2 aromatic carbocycles. The number of halogens is 2. The molecule has 0 spiro atoms. The summed E-state index contributed by atoms with van der Waals surface area (Å²) in [6, 6.07) is 22.5. The number of amides is 2. The fourth-order valence-electron chi connectivity index (χ4n) is 3.52. The molecule has 2 aromatic heterocycles. The molecule has 4 aromatic rings. The lowest BCUT2D eigenvalue weighted by Gasteiger charge is -2.09. The number of aryl methyl sites for hydroxylation is 2. The zero-order valence-corrected chi connectivity index (χ0v) is 19.4. The SMILES string of the molecule is O=C(CCc1ccc(F)cc1)Nc1cccc(-c2cccc(NC(=O)CCc3ccc(F)cc3)n2)n1. The summed E-state index contributed by atoms with van der Waals surface area (Å²) in [5.74, 6) is -0.282. The van der Waals surface area contributed by atoms with E-state index in [2.05, 4.69) is 20.6 Å². The Labute approximate surface area is 207 Å². The van der Waals surface area contributed by atoms with E-state index >= 15 is 0 Å². The predicted molar refractivity (Wildman–Crippen MR) is 134 cm³/mol. The van der Waals surface area contributed by atoms with Crippen LogP contribution in [0.3, 0.4) is 0 Å². The van der Waals surface area contributed by atoms with Crippen molar-refractivity contribution in [2.45, 2.75) is 25.7 Å². The van der Waals surface area contributed by atoms with Crippen molar-refractivity contribution in [3.05, 3.63) is 108 Å². The van der Waals surface area contributed by atoms with Gasteiger partial charge in [0.1, 0.15) is 23.3 Å². The third-order valence-electron chi connectivity index (χ3n) is 5.40. The molecule has 2 heterocycles. The highest BCUT2D eigenvalue weighted by molar-refractivity contribution is 5.91. The highest BCUT2D eigenvalue weighted by Gasteiger charge is 2.09. The second-order valence-electron chi connectivity index (χ2n) is 8.17. The zero-order chi connectivity index (χ0) is 25.3. The van der Waals surface area contributed by atoms with Gasteiger partial charge in [0.25, 0.3) is 0 Å². The fourth-order valence-corrected chi connectivity index (χ4v) is 3.52. The van der Waals surface area contributed by atoms with Gasteiger partial charge >= 0.3 is 0 Å². The van der Waals surface area contributed by atoms with Gasteiger partial charge in [-0.2, -0.15) is 0 Å². The molecule has 0 atom stereocenters. The molecule has 0 aliphatic carbocycles. The van der Waals surface area contributed by atoms with Gasteiger partial charge in [0, 0.05) is 12.8 Å². The van der Waals surface area contributed by atoms with E-state index in [1.807, 2.05) is 0 Å². The average Bonchev–Trinajstić information content (AvgIpc) is 2.88. The summed E-state index contributed by atoms with van der Waals surface area (Å²) in [5, 5.41) is 5.54. The molecule has 36 heavy (non-hydrogen) atoms. The summed E-state index contributed by atoms with van der Waals surface area (Å²) in [7, 11) is 0. The van der Waals surface area contributed by atoms with Crippen LogP contribution in [0.5, 0.6) is 0 Å². The first-order chi connectivity index (χ1) is 17.4. The normalized spacial score (nSPS) is 10.6. The number of pyridine rings is 2. The smallest absolute Gasteiger partial charge is 0.225 e. The van der Waals surface area contributed by atoms with Gasteiger partial charge in [-0.3, -0.25) is 9.59 Å². The highest BCUT2D eigenvalue weighted by atomic mass is 19.1. The van der Waals surface area contributed by atoms with E-state index < -0.39 is 0 Å². The molecule has 8 heteroatoms. The Kier molecular flexibility index (Phi) is 8.08. The van der Waals surface area contributed by atoms with Crippen LogP contribution >= 0.6 is 0 Å². The monoisotopic (exact) mass is 486 g/mol. The van der Waals surface area contributed by atoms with E-state index in [1.54, 1.807) is 60.7 Å². The molecule has 0 saturated carbocycles. The summed E-state index contributed by atoms with van der Waals surface area (Å²) in [6.45, 7) is 0. The molecule has 0 aliphatic heterocycles. The number of carbonyl (C=O) groups is 2. The minimum Gasteiger partial charge on any atom is -0.311 e. The van der Waals surface area contributed by atoms with Crippen molar-refractivity contribution in [1.29, 1.82) is 0 Å². The van der Waals surface area contributed by atoms with Gasteiger partial charge in [-0.1, -0.05) is 36.4 Å². The van der Waals surface area contributed by atoms with Crippen molar-refractivity contribution < 1.29 is 18.4 Å². The van der Waals surface area contributed by atoms with Crippen LogP contribution in [0.15, 0.2) is 84.9 Å². The molecule has 2 amide bonds. The highest BCUT2D eigenvalue weighted by Crippen LogP contribution is 2.19. The number of nitrogens with zero attached hydrogens (tertiary/aromatic N) is 2. The minimum absolute atomic E-state index is 0.209. The van der Waals surface area contributed by atoms with Crippen molar-refractivity contribution in [3.8, 4) is 11.4 Å². The van der Waals surface area contributed by atoms with Crippen molar-refractivity contribution in [2.24, 2.45) is 0 Å². The molecule has 0 fully saturated rings. The number of carbonyl (C=O) groups excluding carboxylic acids is 2. The third-order valence-corrected chi connectivity index (χ3v) is 5.40. The maximum Gasteiger partial charge on any atom is 0.225 e. The van der Waals surface area contributed by atoms with Gasteiger partial charge in [-0.15, -0.1) is 0 Å². The zero-order valence-electron chi connectivity index (χ0n) is 19.4. The maximum atomic E-state index is 13.0. The van der Waals surface area contributed by atoms with Crippen LogP contribution in [-0.4, -0.2) is 21.8 Å². The maximum absolute atomic E-state index is 13.0. The van der Waals surface area contributed by atoms with Crippen LogP contribution in [0.1, 0.15) is 24.0 Å². The summed E-state index contributed by atoms with van der Waals surface area (Å²) in [4.78, 5) is 33.6. The molecule has 6 nitrogen and oxygen atoms in total. The van der Waals surface area contributed by atoms with Crippen LogP contribution in [-0.2, 0) is 22.4 Å². The van der Waals surface area contributed by atoms with Crippen molar-refractivity contribution in [1.82, 2.24) is 9.97 Å². The Morgan fingerprint density at radius 1 is 0.583 bits per heavy atom. The Balaban J connectivity index is 1.33. The van der Waals surface area contributed by atoms with Crippen LogP contribution < -0.4 is 10.6 Å². The molecule has 182 valence electrons. The van der Waals surface area contributed by atoms with E-state index in [9.17, 15) is 18.4 Å². The van der Waals surface area contributed by atoms with E-state index in [0.29, 0.717) is 35.9 Å². The Hall–Kier alpha value is -4.46. The van der Waals surface area contributed by atoms with Gasteiger partial charge in [-0.25, -0.2) is 18.7 Å². The summed E-state index contributed by atoms with van der Waals surface area (Å²) < 4.78 is 26.0. The number of nitrogens with one attached hydrogen (secondary N) is 2. The number of hydrogen-bond acceptors (Lipinski definition) is 4. The standard InChI is InChI=1S/C28H24F2N4O2/c29-21-13-7-19(8-14-21)11-17-27(35)33-25-5-1-3-23(31-25)24-4-2-6-26(32-24)34-28(36)18-12-20-9-15-22(30)16-10-20/h1-10,13-16H,11-12,17-18H2,(H,31,33,35)(H,32,34,36). The number of benzene rings is 2. The molecule has 4 rings (SSSR count). The number of hydrogen-bond donors (Lipinski definition) is 2. The Bertz CT molecular complexity index is 1240. The summed E-state index contributed by atoms with van der Waals surface area (Å²) in [6.07, 6.45) is 1.43. The van der Waals surface area contributed by atoms with Crippen LogP contribution in [0, 0.1) is 11.6 Å². The van der Waals surface area contributed by atoms with E-state index in [-0.39, 0.29) is 36.3 Å². The Morgan fingerprint density at radius 2 is 0.972 bits per heavy atom. The topological polar surface area (TPSA) is 84.0 Å². The molecule has 0 saturated heterocycles. The third kappa shape index (κ3) is 7.27. The van der Waals surface area contributed by atoms with Gasteiger partial charge < -0.3 is 10.6 Å². The first-order valence-corrected chi connectivity index (χ1v) is 11.5.